The van der Waals surface area contributed by atoms with Gasteiger partial charge >= 0.3 is 0 Å². The van der Waals surface area contributed by atoms with Crippen LogP contribution in [0.25, 0.3) is 0 Å². The minimum Gasteiger partial charge on any atom is -0.493 e. The standard InChI is InChI=1S/C14H19BrN4O2/c1-9(2)19-13(17-8-18-19)7-21-14-11(15)4-10(6-16)5-12(14)20-3/h4-5,8-9H,6-7,16H2,1-3H3. The highest BCUT2D eigenvalue weighted by atomic mass is 79.9. The van der Waals surface area contributed by atoms with Crippen LogP contribution in [0.1, 0.15) is 31.3 Å². The molecule has 6 nitrogen and oxygen atoms in total. The molecule has 2 aromatic rings. The van der Waals surface area contributed by atoms with E-state index >= 15 is 0 Å². The van der Waals surface area contributed by atoms with Gasteiger partial charge in [0.25, 0.3) is 0 Å². The van der Waals surface area contributed by atoms with Gasteiger partial charge in [-0.1, -0.05) is 0 Å². The summed E-state index contributed by atoms with van der Waals surface area (Å²) in [5.41, 5.74) is 6.63. The molecule has 0 bridgehead atoms. The maximum Gasteiger partial charge on any atom is 0.176 e. The summed E-state index contributed by atoms with van der Waals surface area (Å²) < 4.78 is 13.9. The first-order valence-electron chi connectivity index (χ1n) is 6.64. The summed E-state index contributed by atoms with van der Waals surface area (Å²) in [5, 5.41) is 4.19. The van der Waals surface area contributed by atoms with E-state index < -0.39 is 0 Å². The summed E-state index contributed by atoms with van der Waals surface area (Å²) in [6.07, 6.45) is 1.53. The van der Waals surface area contributed by atoms with Crippen molar-refractivity contribution in [1.29, 1.82) is 0 Å². The van der Waals surface area contributed by atoms with E-state index in [2.05, 4.69) is 26.0 Å². The molecule has 2 rings (SSSR count). The molecule has 0 unspecified atom stereocenters. The van der Waals surface area contributed by atoms with Crippen molar-refractivity contribution in [2.24, 2.45) is 5.73 Å². The number of aromatic nitrogens is 3. The van der Waals surface area contributed by atoms with Crippen molar-refractivity contribution >= 4 is 15.9 Å². The lowest BCUT2D eigenvalue weighted by atomic mass is 10.2. The van der Waals surface area contributed by atoms with E-state index in [1.807, 2.05) is 30.7 Å². The van der Waals surface area contributed by atoms with Crippen LogP contribution in [-0.4, -0.2) is 21.9 Å². The number of nitrogens with zero attached hydrogens (tertiary/aromatic N) is 3. The van der Waals surface area contributed by atoms with Crippen molar-refractivity contribution in [1.82, 2.24) is 14.8 Å². The molecule has 2 N–H and O–H groups in total. The maximum atomic E-state index is 5.86. The molecule has 114 valence electrons. The van der Waals surface area contributed by atoms with E-state index in [0.717, 1.165) is 15.9 Å². The van der Waals surface area contributed by atoms with Gasteiger partial charge in [0, 0.05) is 12.6 Å². The van der Waals surface area contributed by atoms with Gasteiger partial charge in [-0.05, 0) is 47.5 Å². The number of ether oxygens (including phenoxy) is 2. The van der Waals surface area contributed by atoms with Gasteiger partial charge in [0.05, 0.1) is 11.6 Å². The summed E-state index contributed by atoms with van der Waals surface area (Å²) in [5.74, 6) is 2.04. The summed E-state index contributed by atoms with van der Waals surface area (Å²) >= 11 is 3.49. The van der Waals surface area contributed by atoms with Gasteiger partial charge in [-0.2, -0.15) is 5.10 Å². The molecule has 0 spiro atoms. The third kappa shape index (κ3) is 3.54. The van der Waals surface area contributed by atoms with Crippen LogP contribution in [0, 0.1) is 0 Å². The van der Waals surface area contributed by atoms with E-state index in [9.17, 15) is 0 Å². The Morgan fingerprint density at radius 2 is 2.14 bits per heavy atom. The molecule has 7 heteroatoms. The second-order valence-electron chi connectivity index (χ2n) is 4.82. The Hall–Kier alpha value is -1.60. The largest absolute Gasteiger partial charge is 0.493 e. The maximum absolute atomic E-state index is 5.86. The van der Waals surface area contributed by atoms with Crippen molar-refractivity contribution < 1.29 is 9.47 Å². The quantitative estimate of drug-likeness (QED) is 0.862. The van der Waals surface area contributed by atoms with Crippen LogP contribution in [-0.2, 0) is 13.2 Å². The molecule has 0 saturated heterocycles. The number of rotatable bonds is 6. The van der Waals surface area contributed by atoms with Crippen molar-refractivity contribution in [2.45, 2.75) is 33.0 Å². The van der Waals surface area contributed by atoms with E-state index in [-0.39, 0.29) is 6.04 Å². The zero-order chi connectivity index (χ0) is 15.4. The van der Waals surface area contributed by atoms with Crippen LogP contribution < -0.4 is 15.2 Å². The number of hydrogen-bond donors (Lipinski definition) is 1. The van der Waals surface area contributed by atoms with Crippen LogP contribution >= 0.6 is 15.9 Å². The Labute approximate surface area is 132 Å². The molecule has 0 aliphatic rings. The van der Waals surface area contributed by atoms with Crippen LogP contribution in [0.4, 0.5) is 0 Å². The summed E-state index contributed by atoms with van der Waals surface area (Å²) in [7, 11) is 1.60. The fourth-order valence-electron chi connectivity index (χ4n) is 1.98. The van der Waals surface area contributed by atoms with Crippen LogP contribution in [0.15, 0.2) is 22.9 Å². The number of hydrogen-bond acceptors (Lipinski definition) is 5. The van der Waals surface area contributed by atoms with Crippen LogP contribution in [0.5, 0.6) is 11.5 Å². The number of benzene rings is 1. The Morgan fingerprint density at radius 1 is 1.38 bits per heavy atom. The third-order valence-corrected chi connectivity index (χ3v) is 3.60. The average molecular weight is 355 g/mol. The van der Waals surface area contributed by atoms with Crippen LogP contribution in [0.2, 0.25) is 0 Å². The molecule has 0 atom stereocenters. The predicted octanol–water partition coefficient (Wildman–Crippen LogP) is 2.67. The van der Waals surface area contributed by atoms with Crippen molar-refractivity contribution in [3.8, 4) is 11.5 Å². The molecule has 21 heavy (non-hydrogen) atoms. The van der Waals surface area contributed by atoms with E-state index in [1.165, 1.54) is 6.33 Å². The molecule has 0 saturated carbocycles. The molecule has 0 radical (unpaired) electrons. The fraction of sp³-hybridized carbons (Fsp3) is 0.429. The SMILES string of the molecule is COc1cc(CN)cc(Br)c1OCc1ncnn1C(C)C. The third-order valence-electron chi connectivity index (χ3n) is 3.01. The highest BCUT2D eigenvalue weighted by molar-refractivity contribution is 9.10. The molecular weight excluding hydrogens is 336 g/mol. The summed E-state index contributed by atoms with van der Waals surface area (Å²) in [6, 6.07) is 4.02. The second-order valence-corrected chi connectivity index (χ2v) is 5.67. The van der Waals surface area contributed by atoms with Gasteiger partial charge < -0.3 is 15.2 Å². The molecule has 1 heterocycles. The minimum atomic E-state index is 0.232. The first kappa shape index (κ1) is 15.8. The summed E-state index contributed by atoms with van der Waals surface area (Å²) in [6.45, 7) is 4.85. The highest BCUT2D eigenvalue weighted by Crippen LogP contribution is 2.37. The Morgan fingerprint density at radius 3 is 2.76 bits per heavy atom. The molecule has 0 aliphatic carbocycles. The first-order valence-corrected chi connectivity index (χ1v) is 7.43. The van der Waals surface area contributed by atoms with Gasteiger partial charge in [-0.15, -0.1) is 0 Å². The Kier molecular flexibility index (Phi) is 5.19. The smallest absolute Gasteiger partial charge is 0.176 e. The van der Waals surface area contributed by atoms with E-state index in [4.69, 9.17) is 15.2 Å². The topological polar surface area (TPSA) is 75.2 Å². The fourth-order valence-corrected chi connectivity index (χ4v) is 2.58. The molecule has 0 aliphatic heterocycles. The number of nitrogens with two attached hydrogens (primary N) is 1. The van der Waals surface area contributed by atoms with Gasteiger partial charge in [-0.25, -0.2) is 9.67 Å². The highest BCUT2D eigenvalue weighted by Gasteiger charge is 2.14. The lowest BCUT2D eigenvalue weighted by molar-refractivity contribution is 0.264. The van der Waals surface area contributed by atoms with Gasteiger partial charge in [0.1, 0.15) is 12.9 Å². The molecule has 1 aromatic heterocycles. The molecular formula is C14H19BrN4O2. The van der Waals surface area contributed by atoms with Crippen molar-refractivity contribution in [3.05, 3.63) is 34.3 Å². The van der Waals surface area contributed by atoms with Gasteiger partial charge in [0.15, 0.2) is 17.3 Å². The van der Waals surface area contributed by atoms with E-state index in [0.29, 0.717) is 24.7 Å². The van der Waals surface area contributed by atoms with Crippen molar-refractivity contribution in [3.63, 3.8) is 0 Å². The molecule has 0 fully saturated rings. The Bertz CT molecular complexity index is 613. The monoisotopic (exact) mass is 354 g/mol. The zero-order valence-electron chi connectivity index (χ0n) is 12.3. The van der Waals surface area contributed by atoms with E-state index in [1.54, 1.807) is 7.11 Å². The first-order chi connectivity index (χ1) is 10.1. The molecule has 1 aromatic carbocycles. The second kappa shape index (κ2) is 6.91. The summed E-state index contributed by atoms with van der Waals surface area (Å²) in [4.78, 5) is 4.22. The number of halogens is 1. The lowest BCUT2D eigenvalue weighted by Gasteiger charge is -2.15. The normalized spacial score (nSPS) is 11.0. The lowest BCUT2D eigenvalue weighted by Crippen LogP contribution is -2.11. The van der Waals surface area contributed by atoms with Crippen LogP contribution in [0.3, 0.4) is 0 Å². The predicted molar refractivity (Wildman–Crippen MR) is 83.3 cm³/mol. The van der Waals surface area contributed by atoms with Crippen molar-refractivity contribution in [2.75, 3.05) is 7.11 Å². The Balaban J connectivity index is 2.21. The zero-order valence-corrected chi connectivity index (χ0v) is 13.9. The average Bonchev–Trinajstić information content (AvgIpc) is 2.93. The van der Waals surface area contributed by atoms with Gasteiger partial charge in [0.2, 0.25) is 0 Å². The minimum absolute atomic E-state index is 0.232. The molecule has 0 amide bonds. The van der Waals surface area contributed by atoms with Gasteiger partial charge in [-0.3, -0.25) is 0 Å². The number of methoxy groups -OCH3 is 1.